The van der Waals surface area contributed by atoms with Crippen LogP contribution in [-0.4, -0.2) is 48.3 Å². The highest BCUT2D eigenvalue weighted by Crippen LogP contribution is 2.08. The first-order chi connectivity index (χ1) is 10.0. The lowest BCUT2D eigenvalue weighted by Crippen LogP contribution is -2.38. The van der Waals surface area contributed by atoms with E-state index in [1.165, 1.54) is 17.1 Å². The van der Waals surface area contributed by atoms with Gasteiger partial charge < -0.3 is 10.4 Å². The highest BCUT2D eigenvalue weighted by atomic mass is 16.6. The quantitative estimate of drug-likeness (QED) is 0.525. The molecule has 114 valence electrons. The van der Waals surface area contributed by atoms with Crippen molar-refractivity contribution in [2.24, 2.45) is 0 Å². The molecule has 0 aliphatic carbocycles. The van der Waals surface area contributed by atoms with E-state index in [-0.39, 0.29) is 18.3 Å². The summed E-state index contributed by atoms with van der Waals surface area (Å²) < 4.78 is 3.17. The van der Waals surface area contributed by atoms with E-state index in [1.807, 2.05) is 19.2 Å². The number of aromatic nitrogens is 4. The third kappa shape index (κ3) is 4.65. The number of hydrogen-bond acceptors (Lipinski definition) is 6. The number of nitrogens with zero attached hydrogens (tertiary/aromatic N) is 5. The molecule has 0 radical (unpaired) electrons. The zero-order chi connectivity index (χ0) is 15.2. The molecule has 0 aromatic carbocycles. The van der Waals surface area contributed by atoms with Gasteiger partial charge in [0.1, 0.15) is 12.4 Å². The lowest BCUT2D eigenvalue weighted by molar-refractivity contribution is -0.385. The molecule has 0 amide bonds. The maximum absolute atomic E-state index is 10.5. The Bertz CT molecular complexity index is 567. The predicted octanol–water partition coefficient (Wildman–Crippen LogP) is 0.0270. The van der Waals surface area contributed by atoms with Crippen LogP contribution in [0, 0.1) is 10.1 Å². The van der Waals surface area contributed by atoms with Crippen molar-refractivity contribution in [3.05, 3.63) is 41.0 Å². The molecule has 2 heterocycles. The minimum Gasteiger partial charge on any atom is -0.390 e. The molecule has 2 rings (SSSR count). The van der Waals surface area contributed by atoms with Crippen LogP contribution in [0.3, 0.4) is 0 Å². The van der Waals surface area contributed by atoms with E-state index >= 15 is 0 Å². The Hall–Kier alpha value is -2.26. The van der Waals surface area contributed by atoms with Gasteiger partial charge in [-0.2, -0.15) is 10.2 Å². The van der Waals surface area contributed by atoms with Crippen molar-refractivity contribution in [2.75, 3.05) is 6.54 Å². The van der Waals surface area contributed by atoms with E-state index in [2.05, 4.69) is 15.5 Å². The number of aliphatic hydroxyl groups is 1. The van der Waals surface area contributed by atoms with Crippen LogP contribution in [0.5, 0.6) is 0 Å². The zero-order valence-corrected chi connectivity index (χ0v) is 11.7. The van der Waals surface area contributed by atoms with E-state index in [4.69, 9.17) is 0 Å². The number of hydrogen-bond donors (Lipinski definition) is 2. The normalized spacial score (nSPS) is 14.0. The first-order valence-electron chi connectivity index (χ1n) is 6.60. The van der Waals surface area contributed by atoms with Gasteiger partial charge in [-0.3, -0.25) is 19.5 Å². The van der Waals surface area contributed by atoms with Crippen LogP contribution in [0.4, 0.5) is 5.69 Å². The molecule has 2 aromatic rings. The molecule has 9 nitrogen and oxygen atoms in total. The van der Waals surface area contributed by atoms with Gasteiger partial charge in [-0.05, 0) is 13.0 Å². The van der Waals surface area contributed by atoms with Gasteiger partial charge >= 0.3 is 5.69 Å². The highest BCUT2D eigenvalue weighted by Gasteiger charge is 2.12. The summed E-state index contributed by atoms with van der Waals surface area (Å²) in [4.78, 5) is 10.0. The lowest BCUT2D eigenvalue weighted by Gasteiger charge is -2.17. The molecule has 2 aromatic heterocycles. The molecule has 0 spiro atoms. The Morgan fingerprint density at radius 2 is 2.24 bits per heavy atom. The smallest absolute Gasteiger partial charge is 0.306 e. The van der Waals surface area contributed by atoms with Gasteiger partial charge in [0.15, 0.2) is 0 Å². The van der Waals surface area contributed by atoms with Crippen LogP contribution in [0.2, 0.25) is 0 Å². The number of aliphatic hydroxyl groups excluding tert-OH is 1. The van der Waals surface area contributed by atoms with Crippen molar-refractivity contribution in [3.63, 3.8) is 0 Å². The monoisotopic (exact) mass is 294 g/mol. The second kappa shape index (κ2) is 6.95. The van der Waals surface area contributed by atoms with Crippen LogP contribution in [0.25, 0.3) is 0 Å². The second-order valence-electron chi connectivity index (χ2n) is 4.87. The Morgan fingerprint density at radius 1 is 1.43 bits per heavy atom. The van der Waals surface area contributed by atoms with E-state index < -0.39 is 11.0 Å². The Labute approximate surface area is 121 Å². The molecule has 2 atom stereocenters. The summed E-state index contributed by atoms with van der Waals surface area (Å²) in [6.07, 6.45) is 5.38. The van der Waals surface area contributed by atoms with Gasteiger partial charge in [-0.15, -0.1) is 0 Å². The fourth-order valence-electron chi connectivity index (χ4n) is 1.92. The minimum atomic E-state index is -0.676. The van der Waals surface area contributed by atoms with Gasteiger partial charge in [0.2, 0.25) is 0 Å². The average Bonchev–Trinajstić information content (AvgIpc) is 3.08. The summed E-state index contributed by atoms with van der Waals surface area (Å²) >= 11 is 0. The van der Waals surface area contributed by atoms with E-state index in [0.717, 1.165) is 0 Å². The molecule has 21 heavy (non-hydrogen) atoms. The summed E-state index contributed by atoms with van der Waals surface area (Å²) in [7, 11) is 0. The van der Waals surface area contributed by atoms with E-state index in [1.54, 1.807) is 10.9 Å². The van der Waals surface area contributed by atoms with Crippen molar-refractivity contribution < 1.29 is 10.0 Å². The van der Waals surface area contributed by atoms with Crippen LogP contribution in [0.1, 0.15) is 6.92 Å². The molecule has 2 unspecified atom stereocenters. The van der Waals surface area contributed by atoms with E-state index in [0.29, 0.717) is 13.1 Å². The van der Waals surface area contributed by atoms with Crippen molar-refractivity contribution in [1.82, 2.24) is 24.9 Å². The molecular weight excluding hydrogens is 276 g/mol. The molecule has 0 aliphatic rings. The van der Waals surface area contributed by atoms with Gasteiger partial charge in [0.05, 0.1) is 24.1 Å². The maximum atomic E-state index is 10.5. The van der Waals surface area contributed by atoms with Crippen LogP contribution >= 0.6 is 0 Å². The summed E-state index contributed by atoms with van der Waals surface area (Å²) in [5.41, 5.74) is -0.0813. The molecule has 2 N–H and O–H groups in total. The summed E-state index contributed by atoms with van der Waals surface area (Å²) in [5.74, 6) is 0. The molecule has 9 heteroatoms. The Morgan fingerprint density at radius 3 is 2.86 bits per heavy atom. The molecule has 0 fully saturated rings. The molecule has 0 aliphatic heterocycles. The molecule has 0 bridgehead atoms. The topological polar surface area (TPSA) is 111 Å². The largest absolute Gasteiger partial charge is 0.390 e. The maximum Gasteiger partial charge on any atom is 0.306 e. The van der Waals surface area contributed by atoms with Gasteiger partial charge in [-0.25, -0.2) is 0 Å². The van der Waals surface area contributed by atoms with Gasteiger partial charge in [0, 0.05) is 25.0 Å². The summed E-state index contributed by atoms with van der Waals surface area (Å²) in [5, 5.41) is 31.6. The number of nitro groups is 1. The van der Waals surface area contributed by atoms with Gasteiger partial charge in [-0.1, -0.05) is 0 Å². The molecular formula is C12H18N6O3. The van der Waals surface area contributed by atoms with Crippen LogP contribution in [0.15, 0.2) is 30.9 Å². The Kier molecular flexibility index (Phi) is 5.01. The third-order valence-corrected chi connectivity index (χ3v) is 2.95. The van der Waals surface area contributed by atoms with Crippen molar-refractivity contribution in [1.29, 1.82) is 0 Å². The average molecular weight is 294 g/mol. The minimum absolute atomic E-state index is 0.0813. The third-order valence-electron chi connectivity index (χ3n) is 2.95. The summed E-state index contributed by atoms with van der Waals surface area (Å²) in [6.45, 7) is 3.27. The van der Waals surface area contributed by atoms with Crippen molar-refractivity contribution in [3.8, 4) is 0 Å². The molecule has 0 saturated heterocycles. The van der Waals surface area contributed by atoms with Gasteiger partial charge in [0.25, 0.3) is 0 Å². The van der Waals surface area contributed by atoms with E-state index in [9.17, 15) is 15.2 Å². The summed E-state index contributed by atoms with van der Waals surface area (Å²) in [6, 6.07) is 2.00. The zero-order valence-electron chi connectivity index (χ0n) is 11.7. The fraction of sp³-hybridized carbons (Fsp3) is 0.500. The van der Waals surface area contributed by atoms with Crippen LogP contribution < -0.4 is 5.32 Å². The van der Waals surface area contributed by atoms with Crippen molar-refractivity contribution >= 4 is 5.69 Å². The highest BCUT2D eigenvalue weighted by molar-refractivity contribution is 5.20. The fourth-order valence-corrected chi connectivity index (χ4v) is 1.92. The number of rotatable bonds is 8. The number of nitrogens with one attached hydrogen (secondary N) is 1. The van der Waals surface area contributed by atoms with Crippen molar-refractivity contribution in [2.45, 2.75) is 32.2 Å². The molecule has 0 saturated carbocycles. The van der Waals surface area contributed by atoms with Crippen LogP contribution in [-0.2, 0) is 13.1 Å². The first kappa shape index (κ1) is 15.1. The standard InChI is InChI=1S/C12H18N6O3/c1-10(7-16-4-2-3-14-16)13-6-12(19)9-17-8-11(5-15-17)18(20)21/h2-5,8,10,12-13,19H,6-7,9H2,1H3. The second-order valence-corrected chi connectivity index (χ2v) is 4.87. The lowest BCUT2D eigenvalue weighted by atomic mass is 10.3. The predicted molar refractivity (Wildman–Crippen MR) is 74.6 cm³/mol. The Balaban J connectivity index is 1.73. The SMILES string of the molecule is CC(Cn1cccn1)NCC(O)Cn1cc([N+](=O)[O-])cn1. The first-order valence-corrected chi connectivity index (χ1v) is 6.60.